The van der Waals surface area contributed by atoms with Crippen LogP contribution in [0, 0.1) is 13.8 Å². The van der Waals surface area contributed by atoms with Crippen molar-refractivity contribution in [2.24, 2.45) is 0 Å². The Morgan fingerprint density at radius 3 is 2.53 bits per heavy atom. The van der Waals surface area contributed by atoms with Crippen LogP contribution in [0.4, 0.5) is 0 Å². The lowest BCUT2D eigenvalue weighted by atomic mass is 9.99. The molecule has 1 heterocycles. The van der Waals surface area contributed by atoms with Crippen molar-refractivity contribution in [2.45, 2.75) is 13.8 Å². The van der Waals surface area contributed by atoms with Crippen molar-refractivity contribution < 1.29 is 9.84 Å². The van der Waals surface area contributed by atoms with E-state index in [4.69, 9.17) is 4.74 Å². The molecule has 3 heteroatoms. The molecule has 0 atom stereocenters. The highest BCUT2D eigenvalue weighted by Gasteiger charge is 2.07. The molecule has 2 aromatic rings. The Hall–Kier alpha value is -2.03. The van der Waals surface area contributed by atoms with Crippen LogP contribution in [0.5, 0.6) is 11.5 Å². The second-order valence-corrected chi connectivity index (χ2v) is 4.07. The van der Waals surface area contributed by atoms with Gasteiger partial charge in [0.25, 0.3) is 0 Å². The average molecular weight is 229 g/mol. The predicted molar refractivity (Wildman–Crippen MR) is 67.4 cm³/mol. The van der Waals surface area contributed by atoms with Crippen LogP contribution in [0.25, 0.3) is 11.1 Å². The molecule has 1 aromatic heterocycles. The van der Waals surface area contributed by atoms with Crippen molar-refractivity contribution in [1.82, 2.24) is 4.98 Å². The molecule has 2 rings (SSSR count). The summed E-state index contributed by atoms with van der Waals surface area (Å²) in [5.74, 6) is 1.05. The lowest BCUT2D eigenvalue weighted by Crippen LogP contribution is -1.89. The van der Waals surface area contributed by atoms with Crippen LogP contribution in [0.3, 0.4) is 0 Å². The first-order valence-corrected chi connectivity index (χ1v) is 5.41. The van der Waals surface area contributed by atoms with E-state index in [0.29, 0.717) is 5.75 Å². The van der Waals surface area contributed by atoms with E-state index in [2.05, 4.69) is 4.98 Å². The summed E-state index contributed by atoms with van der Waals surface area (Å²) in [6.07, 6.45) is 3.47. The van der Waals surface area contributed by atoms with Crippen LogP contribution in [0.1, 0.15) is 11.1 Å². The van der Waals surface area contributed by atoms with Gasteiger partial charge >= 0.3 is 0 Å². The maximum Gasteiger partial charge on any atom is 0.137 e. The molecule has 0 saturated carbocycles. The summed E-state index contributed by atoms with van der Waals surface area (Å²) in [5, 5.41) is 9.63. The lowest BCUT2D eigenvalue weighted by molar-refractivity contribution is 0.413. The normalized spacial score (nSPS) is 10.3. The van der Waals surface area contributed by atoms with Crippen LogP contribution >= 0.6 is 0 Å². The third-order valence-electron chi connectivity index (χ3n) is 2.80. The van der Waals surface area contributed by atoms with Gasteiger partial charge in [-0.25, -0.2) is 0 Å². The van der Waals surface area contributed by atoms with Crippen molar-refractivity contribution in [1.29, 1.82) is 0 Å². The predicted octanol–water partition coefficient (Wildman–Crippen LogP) is 3.08. The summed E-state index contributed by atoms with van der Waals surface area (Å²) in [6, 6.07) is 5.66. The summed E-state index contributed by atoms with van der Waals surface area (Å²) in [4.78, 5) is 4.14. The number of aryl methyl sites for hydroxylation is 2. The number of aromatic hydroxyl groups is 1. The Balaban J connectivity index is 2.56. The van der Waals surface area contributed by atoms with E-state index in [1.807, 2.05) is 26.0 Å². The van der Waals surface area contributed by atoms with E-state index in [9.17, 15) is 5.11 Å². The molecule has 3 nitrogen and oxygen atoms in total. The van der Waals surface area contributed by atoms with Gasteiger partial charge in [-0.3, -0.25) is 4.98 Å². The van der Waals surface area contributed by atoms with Crippen molar-refractivity contribution in [3.05, 3.63) is 41.7 Å². The number of aromatic nitrogens is 1. The Kier molecular flexibility index (Phi) is 3.00. The number of pyridine rings is 1. The minimum absolute atomic E-state index is 0.321. The second-order valence-electron chi connectivity index (χ2n) is 4.07. The SMILES string of the molecule is COc1cncc(-c2cc(C)c(O)cc2C)c1. The van der Waals surface area contributed by atoms with Crippen LogP contribution in [-0.4, -0.2) is 17.2 Å². The van der Waals surface area contributed by atoms with Gasteiger partial charge in [0, 0.05) is 11.8 Å². The molecule has 0 spiro atoms. The molecule has 17 heavy (non-hydrogen) atoms. The number of hydrogen-bond acceptors (Lipinski definition) is 3. The molecular weight excluding hydrogens is 214 g/mol. The highest BCUT2D eigenvalue weighted by atomic mass is 16.5. The summed E-state index contributed by atoms with van der Waals surface area (Å²) < 4.78 is 5.16. The van der Waals surface area contributed by atoms with E-state index in [1.165, 1.54) is 0 Å². The van der Waals surface area contributed by atoms with E-state index in [1.54, 1.807) is 25.6 Å². The number of methoxy groups -OCH3 is 1. The molecule has 0 aliphatic carbocycles. The van der Waals surface area contributed by atoms with Gasteiger partial charge in [0.15, 0.2) is 0 Å². The van der Waals surface area contributed by atoms with Gasteiger partial charge in [-0.1, -0.05) is 0 Å². The van der Waals surface area contributed by atoms with Gasteiger partial charge < -0.3 is 9.84 Å². The van der Waals surface area contributed by atoms with Crippen LogP contribution < -0.4 is 4.74 Å². The molecule has 88 valence electrons. The average Bonchev–Trinajstić information content (AvgIpc) is 2.34. The van der Waals surface area contributed by atoms with E-state index >= 15 is 0 Å². The Morgan fingerprint density at radius 2 is 1.82 bits per heavy atom. The fourth-order valence-corrected chi connectivity index (χ4v) is 1.79. The first-order chi connectivity index (χ1) is 8.11. The molecule has 0 fully saturated rings. The third kappa shape index (κ3) is 2.23. The Labute approximate surface area is 101 Å². The first kappa shape index (κ1) is 11.5. The molecule has 0 aliphatic heterocycles. The first-order valence-electron chi connectivity index (χ1n) is 5.41. The summed E-state index contributed by atoms with van der Waals surface area (Å²) in [5.41, 5.74) is 3.92. The highest BCUT2D eigenvalue weighted by molar-refractivity contribution is 5.69. The number of rotatable bonds is 2. The summed E-state index contributed by atoms with van der Waals surface area (Å²) in [7, 11) is 1.62. The molecule has 0 aliphatic rings. The zero-order valence-electron chi connectivity index (χ0n) is 10.2. The number of nitrogens with zero attached hydrogens (tertiary/aromatic N) is 1. The van der Waals surface area contributed by atoms with Crippen LogP contribution in [0.2, 0.25) is 0 Å². The number of ether oxygens (including phenoxy) is 1. The minimum Gasteiger partial charge on any atom is -0.508 e. The molecule has 0 radical (unpaired) electrons. The highest BCUT2D eigenvalue weighted by Crippen LogP contribution is 2.30. The molecule has 0 unspecified atom stereocenters. The van der Waals surface area contributed by atoms with Crippen LogP contribution in [0.15, 0.2) is 30.6 Å². The van der Waals surface area contributed by atoms with Gasteiger partial charge in [0.2, 0.25) is 0 Å². The largest absolute Gasteiger partial charge is 0.508 e. The summed E-state index contributed by atoms with van der Waals surface area (Å²) in [6.45, 7) is 3.85. The van der Waals surface area contributed by atoms with E-state index in [0.717, 1.165) is 28.0 Å². The van der Waals surface area contributed by atoms with Crippen molar-refractivity contribution in [3.63, 3.8) is 0 Å². The molecule has 1 N–H and O–H groups in total. The Bertz CT molecular complexity index is 550. The lowest BCUT2D eigenvalue weighted by Gasteiger charge is -2.09. The van der Waals surface area contributed by atoms with Crippen LogP contribution in [-0.2, 0) is 0 Å². The molecule has 0 saturated heterocycles. The molecule has 0 amide bonds. The van der Waals surface area contributed by atoms with Crippen molar-refractivity contribution in [2.75, 3.05) is 7.11 Å². The maximum absolute atomic E-state index is 9.63. The van der Waals surface area contributed by atoms with Gasteiger partial charge in [-0.05, 0) is 48.7 Å². The fraction of sp³-hybridized carbons (Fsp3) is 0.214. The quantitative estimate of drug-likeness (QED) is 0.860. The minimum atomic E-state index is 0.321. The van der Waals surface area contributed by atoms with E-state index in [-0.39, 0.29) is 0 Å². The maximum atomic E-state index is 9.63. The Morgan fingerprint density at radius 1 is 1.06 bits per heavy atom. The van der Waals surface area contributed by atoms with Gasteiger partial charge in [-0.15, -0.1) is 0 Å². The number of hydrogen-bond donors (Lipinski definition) is 1. The number of phenols is 1. The zero-order chi connectivity index (χ0) is 12.4. The standard InChI is InChI=1S/C14H15NO2/c1-9-5-14(16)10(2)4-13(9)11-6-12(17-3)8-15-7-11/h4-8,16H,1-3H3. The van der Waals surface area contributed by atoms with Crippen molar-refractivity contribution in [3.8, 4) is 22.6 Å². The second kappa shape index (κ2) is 4.45. The van der Waals surface area contributed by atoms with Gasteiger partial charge in [0.05, 0.1) is 13.3 Å². The topological polar surface area (TPSA) is 42.4 Å². The molecule has 1 aromatic carbocycles. The number of benzene rings is 1. The summed E-state index contributed by atoms with van der Waals surface area (Å²) >= 11 is 0. The molecule has 0 bridgehead atoms. The van der Waals surface area contributed by atoms with Gasteiger partial charge in [-0.2, -0.15) is 0 Å². The zero-order valence-corrected chi connectivity index (χ0v) is 10.2. The molecular formula is C14H15NO2. The van der Waals surface area contributed by atoms with Gasteiger partial charge in [0.1, 0.15) is 11.5 Å². The smallest absolute Gasteiger partial charge is 0.137 e. The number of phenolic OH excluding ortho intramolecular Hbond substituents is 1. The fourth-order valence-electron chi connectivity index (χ4n) is 1.79. The van der Waals surface area contributed by atoms with E-state index < -0.39 is 0 Å². The third-order valence-corrected chi connectivity index (χ3v) is 2.80. The van der Waals surface area contributed by atoms with Crippen molar-refractivity contribution >= 4 is 0 Å². The monoisotopic (exact) mass is 229 g/mol.